The maximum atomic E-state index is 14.5. The van der Waals surface area contributed by atoms with E-state index in [1.807, 2.05) is 24.3 Å². The molecule has 0 bridgehead atoms. The molecule has 1 amide bonds. The Hall–Kier alpha value is -4.11. The predicted octanol–water partition coefficient (Wildman–Crippen LogP) is 5.49. The van der Waals surface area contributed by atoms with Crippen LogP contribution < -0.4 is 5.32 Å². The van der Waals surface area contributed by atoms with Gasteiger partial charge in [0.05, 0.1) is 22.5 Å². The highest BCUT2D eigenvalue weighted by Gasteiger charge is 2.20. The zero-order valence-corrected chi connectivity index (χ0v) is 18.5. The Kier molecular flexibility index (Phi) is 6.01. The summed E-state index contributed by atoms with van der Waals surface area (Å²) in [7, 11) is 0. The number of hydrogen-bond donors (Lipinski definition) is 1. The van der Waals surface area contributed by atoms with Crippen LogP contribution in [0.1, 0.15) is 0 Å². The molecule has 5 aromatic rings. The lowest BCUT2D eigenvalue weighted by Gasteiger charge is -2.11. The summed E-state index contributed by atoms with van der Waals surface area (Å²) in [6.45, 7) is 0. The van der Waals surface area contributed by atoms with Crippen LogP contribution in [0.15, 0.2) is 90.2 Å². The van der Waals surface area contributed by atoms with Crippen molar-refractivity contribution in [3.63, 3.8) is 0 Å². The van der Waals surface area contributed by atoms with Gasteiger partial charge < -0.3 is 5.32 Å². The monoisotopic (exact) mass is 473 g/mol. The lowest BCUT2D eigenvalue weighted by Crippen LogP contribution is -2.15. The molecule has 5 rings (SSSR count). The molecular weight excluding hydrogens is 456 g/mol. The lowest BCUT2D eigenvalue weighted by molar-refractivity contribution is -0.113. The van der Waals surface area contributed by atoms with Gasteiger partial charge in [0.25, 0.3) is 0 Å². The van der Waals surface area contributed by atoms with Crippen LogP contribution in [0.3, 0.4) is 0 Å². The first-order valence-corrected chi connectivity index (χ1v) is 11.3. The second-order valence-electron chi connectivity index (χ2n) is 7.32. The van der Waals surface area contributed by atoms with Crippen LogP contribution in [-0.2, 0) is 4.79 Å². The molecular formula is C25H17F2N5OS. The van der Waals surface area contributed by atoms with Crippen LogP contribution in [0.25, 0.3) is 28.0 Å². The van der Waals surface area contributed by atoms with Crippen molar-refractivity contribution in [2.24, 2.45) is 0 Å². The fraction of sp³-hybridized carbons (Fsp3) is 0.0400. The Morgan fingerprint density at radius 3 is 2.53 bits per heavy atom. The van der Waals surface area contributed by atoms with Gasteiger partial charge in [0.2, 0.25) is 5.91 Å². The summed E-state index contributed by atoms with van der Waals surface area (Å²) in [5.74, 6) is -0.840. The fourth-order valence-corrected chi connectivity index (χ4v) is 4.28. The first-order chi connectivity index (χ1) is 16.6. The second-order valence-corrected chi connectivity index (χ2v) is 8.26. The second kappa shape index (κ2) is 9.40. The number of nitrogens with one attached hydrogen (secondary N) is 1. The van der Waals surface area contributed by atoms with Gasteiger partial charge in [0, 0.05) is 17.3 Å². The third-order valence-electron chi connectivity index (χ3n) is 5.07. The number of para-hydroxylation sites is 1. The topological polar surface area (TPSA) is 72.7 Å². The summed E-state index contributed by atoms with van der Waals surface area (Å²) < 4.78 is 29.6. The molecule has 6 nitrogen and oxygen atoms in total. The largest absolute Gasteiger partial charge is 0.323 e. The van der Waals surface area contributed by atoms with Gasteiger partial charge in [-0.25, -0.2) is 8.78 Å². The summed E-state index contributed by atoms with van der Waals surface area (Å²) in [6, 6.07) is 21.2. The van der Waals surface area contributed by atoms with E-state index in [1.165, 1.54) is 18.2 Å². The van der Waals surface area contributed by atoms with E-state index < -0.39 is 11.6 Å². The number of nitrogens with zero attached hydrogens (tertiary/aromatic N) is 4. The van der Waals surface area contributed by atoms with Crippen LogP contribution in [0.4, 0.5) is 14.5 Å². The first-order valence-electron chi connectivity index (χ1n) is 10.3. The minimum atomic E-state index is -0.462. The molecule has 0 aliphatic carbocycles. The molecule has 0 aliphatic rings. The number of anilines is 1. The van der Waals surface area contributed by atoms with E-state index in [4.69, 9.17) is 0 Å². The van der Waals surface area contributed by atoms with Crippen molar-refractivity contribution in [3.05, 3.63) is 96.7 Å². The van der Waals surface area contributed by atoms with Crippen molar-refractivity contribution in [3.8, 4) is 17.1 Å². The predicted molar refractivity (Wildman–Crippen MR) is 128 cm³/mol. The third-order valence-corrected chi connectivity index (χ3v) is 6.00. The van der Waals surface area contributed by atoms with Crippen LogP contribution in [0, 0.1) is 11.6 Å². The van der Waals surface area contributed by atoms with Crippen molar-refractivity contribution in [1.82, 2.24) is 19.7 Å². The minimum Gasteiger partial charge on any atom is -0.323 e. The van der Waals surface area contributed by atoms with E-state index in [0.717, 1.165) is 17.1 Å². The van der Waals surface area contributed by atoms with Crippen LogP contribution in [0.2, 0.25) is 0 Å². The number of rotatable bonds is 6. The van der Waals surface area contributed by atoms with Gasteiger partial charge in [0.15, 0.2) is 11.0 Å². The van der Waals surface area contributed by atoms with Crippen LogP contribution in [-0.4, -0.2) is 31.4 Å². The highest BCUT2D eigenvalue weighted by Crippen LogP contribution is 2.30. The smallest absolute Gasteiger partial charge is 0.234 e. The summed E-state index contributed by atoms with van der Waals surface area (Å²) >= 11 is 1.14. The normalized spacial score (nSPS) is 11.0. The van der Waals surface area contributed by atoms with Crippen molar-refractivity contribution in [2.75, 3.05) is 11.1 Å². The number of halogens is 2. The van der Waals surface area contributed by atoms with E-state index in [9.17, 15) is 13.6 Å². The maximum absolute atomic E-state index is 14.5. The molecule has 0 saturated heterocycles. The number of thioether (sulfide) groups is 1. The summed E-state index contributed by atoms with van der Waals surface area (Å²) in [5, 5.41) is 12.5. The number of pyridine rings is 1. The van der Waals surface area contributed by atoms with Crippen LogP contribution >= 0.6 is 11.8 Å². The SMILES string of the molecule is O=C(CSc1nnc(-c2ccccc2F)n1-c1ccc(F)cc1)Nc1cccc2cccnc12. The van der Waals surface area contributed by atoms with E-state index in [-0.39, 0.29) is 23.0 Å². The number of amides is 1. The van der Waals surface area contributed by atoms with Crippen molar-refractivity contribution >= 4 is 34.3 Å². The number of aromatic nitrogens is 4. The summed E-state index contributed by atoms with van der Waals surface area (Å²) in [5.41, 5.74) is 2.10. The molecule has 0 unspecified atom stereocenters. The molecule has 0 fully saturated rings. The van der Waals surface area contributed by atoms with Gasteiger partial charge in [-0.2, -0.15) is 0 Å². The van der Waals surface area contributed by atoms with Gasteiger partial charge in [-0.15, -0.1) is 10.2 Å². The van der Waals surface area contributed by atoms with Gasteiger partial charge in [-0.3, -0.25) is 14.3 Å². The first kappa shape index (κ1) is 21.7. The summed E-state index contributed by atoms with van der Waals surface area (Å²) in [6.07, 6.45) is 1.67. The molecule has 0 saturated carbocycles. The van der Waals surface area contributed by atoms with E-state index >= 15 is 0 Å². The van der Waals surface area contributed by atoms with Gasteiger partial charge in [-0.1, -0.05) is 42.1 Å². The molecule has 9 heteroatoms. The molecule has 168 valence electrons. The van der Waals surface area contributed by atoms with Crippen molar-refractivity contribution in [1.29, 1.82) is 0 Å². The molecule has 0 spiro atoms. The van der Waals surface area contributed by atoms with Gasteiger partial charge in [-0.05, 0) is 48.5 Å². The highest BCUT2D eigenvalue weighted by molar-refractivity contribution is 7.99. The number of hydrogen-bond acceptors (Lipinski definition) is 5. The lowest BCUT2D eigenvalue weighted by atomic mass is 10.2. The maximum Gasteiger partial charge on any atom is 0.234 e. The molecule has 0 atom stereocenters. The average molecular weight is 474 g/mol. The third kappa shape index (κ3) is 4.38. The quantitative estimate of drug-likeness (QED) is 0.330. The zero-order valence-electron chi connectivity index (χ0n) is 17.7. The molecule has 2 heterocycles. The van der Waals surface area contributed by atoms with Crippen molar-refractivity contribution in [2.45, 2.75) is 5.16 Å². The average Bonchev–Trinajstić information content (AvgIpc) is 3.27. The minimum absolute atomic E-state index is 0.0276. The zero-order chi connectivity index (χ0) is 23.5. The number of benzene rings is 3. The number of fused-ring (bicyclic) bond motifs is 1. The van der Waals surface area contributed by atoms with Gasteiger partial charge >= 0.3 is 0 Å². The van der Waals surface area contributed by atoms with Gasteiger partial charge in [0.1, 0.15) is 11.6 Å². The van der Waals surface area contributed by atoms with E-state index in [0.29, 0.717) is 22.0 Å². The Morgan fingerprint density at radius 2 is 1.71 bits per heavy atom. The van der Waals surface area contributed by atoms with Crippen LogP contribution in [0.5, 0.6) is 0 Å². The molecule has 0 aliphatic heterocycles. The Balaban J connectivity index is 1.43. The standard InChI is InChI=1S/C25H17F2N5OS/c26-17-10-12-18(13-11-17)32-24(19-7-1-2-8-20(19)27)30-31-25(32)34-15-22(33)29-21-9-3-5-16-6-4-14-28-23(16)21/h1-14H,15H2,(H,29,33). The fourth-order valence-electron chi connectivity index (χ4n) is 3.52. The summed E-state index contributed by atoms with van der Waals surface area (Å²) in [4.78, 5) is 17.1. The molecule has 1 N–H and O–H groups in total. The Labute approximate surface area is 197 Å². The molecule has 3 aromatic carbocycles. The van der Waals surface area contributed by atoms with E-state index in [1.54, 1.807) is 47.2 Å². The Morgan fingerprint density at radius 1 is 0.912 bits per heavy atom. The highest BCUT2D eigenvalue weighted by atomic mass is 32.2. The Bertz CT molecular complexity index is 1480. The molecule has 34 heavy (non-hydrogen) atoms. The molecule has 2 aromatic heterocycles. The van der Waals surface area contributed by atoms with E-state index in [2.05, 4.69) is 20.5 Å². The number of carbonyl (C=O) groups excluding carboxylic acids is 1. The number of carbonyl (C=O) groups is 1. The molecule has 0 radical (unpaired) electrons. The van der Waals surface area contributed by atoms with Crippen molar-refractivity contribution < 1.29 is 13.6 Å².